The second kappa shape index (κ2) is 6.11. The Morgan fingerprint density at radius 2 is 1.90 bits per heavy atom. The first-order valence-electron chi connectivity index (χ1n) is 5.85. The Morgan fingerprint density at radius 3 is 2.48 bits per heavy atom. The third-order valence-electron chi connectivity index (χ3n) is 2.77. The van der Waals surface area contributed by atoms with Crippen LogP contribution in [0.25, 0.3) is 0 Å². The molecule has 2 N–H and O–H groups in total. The van der Waals surface area contributed by atoms with Gasteiger partial charge < -0.3 is 10.4 Å². The predicted octanol–water partition coefficient (Wildman–Crippen LogP) is 3.65. The summed E-state index contributed by atoms with van der Waals surface area (Å²) in [6.45, 7) is 1.79. The molecule has 0 radical (unpaired) electrons. The van der Waals surface area contributed by atoms with Crippen molar-refractivity contribution >= 4 is 40.8 Å². The number of amides is 1. The first kappa shape index (κ1) is 15.3. The van der Waals surface area contributed by atoms with Gasteiger partial charge in [0.15, 0.2) is 0 Å². The van der Waals surface area contributed by atoms with Gasteiger partial charge in [0.2, 0.25) is 0 Å². The number of rotatable bonds is 3. The quantitative estimate of drug-likeness (QED) is 0.903. The zero-order valence-corrected chi connectivity index (χ0v) is 12.4. The van der Waals surface area contributed by atoms with Crippen LogP contribution < -0.4 is 5.32 Å². The third-order valence-corrected chi connectivity index (χ3v) is 3.57. The van der Waals surface area contributed by atoms with Gasteiger partial charge in [0, 0.05) is 6.20 Å². The molecule has 0 aliphatic heterocycles. The molecule has 0 bridgehead atoms. The molecule has 0 unspecified atom stereocenters. The van der Waals surface area contributed by atoms with Crippen molar-refractivity contribution in [2.75, 3.05) is 5.32 Å². The number of aromatic nitrogens is 1. The van der Waals surface area contributed by atoms with Crippen molar-refractivity contribution in [3.05, 3.63) is 57.3 Å². The molecule has 108 valence electrons. The van der Waals surface area contributed by atoms with Crippen molar-refractivity contribution < 1.29 is 14.7 Å². The van der Waals surface area contributed by atoms with E-state index in [4.69, 9.17) is 28.3 Å². The van der Waals surface area contributed by atoms with Gasteiger partial charge >= 0.3 is 5.97 Å². The number of nitrogens with one attached hydrogen (secondary N) is 1. The van der Waals surface area contributed by atoms with Gasteiger partial charge in [0.05, 0.1) is 21.3 Å². The van der Waals surface area contributed by atoms with E-state index >= 15 is 0 Å². The highest BCUT2D eigenvalue weighted by Crippen LogP contribution is 2.33. The molecule has 0 spiro atoms. The van der Waals surface area contributed by atoms with E-state index in [0.29, 0.717) is 15.7 Å². The summed E-state index contributed by atoms with van der Waals surface area (Å²) >= 11 is 12.1. The predicted molar refractivity (Wildman–Crippen MR) is 80.3 cm³/mol. The lowest BCUT2D eigenvalue weighted by Crippen LogP contribution is -2.15. The van der Waals surface area contributed by atoms with E-state index in [1.165, 1.54) is 12.1 Å². The number of carbonyl (C=O) groups is 2. The number of hydrogen-bond donors (Lipinski definition) is 2. The molecule has 0 saturated heterocycles. The number of carboxylic acids is 1. The number of benzene rings is 1. The van der Waals surface area contributed by atoms with Crippen LogP contribution in [0.2, 0.25) is 10.0 Å². The highest BCUT2D eigenvalue weighted by atomic mass is 35.5. The second-order valence-corrected chi connectivity index (χ2v) is 5.03. The highest BCUT2D eigenvalue weighted by Gasteiger charge is 2.14. The normalized spacial score (nSPS) is 10.2. The Morgan fingerprint density at radius 1 is 1.19 bits per heavy atom. The molecular formula is C14H10Cl2N2O3. The molecule has 0 aliphatic rings. The van der Waals surface area contributed by atoms with Crippen LogP contribution in [0.5, 0.6) is 0 Å². The smallest absolute Gasteiger partial charge is 0.337 e. The van der Waals surface area contributed by atoms with Gasteiger partial charge in [0.25, 0.3) is 5.91 Å². The Hall–Kier alpha value is -2.11. The zero-order valence-electron chi connectivity index (χ0n) is 10.9. The second-order valence-electron chi connectivity index (χ2n) is 4.24. The fourth-order valence-electron chi connectivity index (χ4n) is 1.60. The first-order chi connectivity index (χ1) is 9.90. The molecule has 1 amide bonds. The van der Waals surface area contributed by atoms with Crippen LogP contribution in [0.4, 0.5) is 5.69 Å². The van der Waals surface area contributed by atoms with Crippen molar-refractivity contribution in [2.45, 2.75) is 6.92 Å². The highest BCUT2D eigenvalue weighted by molar-refractivity contribution is 6.40. The third kappa shape index (κ3) is 3.32. The van der Waals surface area contributed by atoms with Gasteiger partial charge in [-0.15, -0.1) is 0 Å². The average molecular weight is 325 g/mol. The van der Waals surface area contributed by atoms with Crippen LogP contribution in [0, 0.1) is 6.92 Å². The van der Waals surface area contributed by atoms with Crippen LogP contribution >= 0.6 is 23.2 Å². The molecule has 2 rings (SSSR count). The van der Waals surface area contributed by atoms with Crippen LogP contribution in [0.3, 0.4) is 0 Å². The molecule has 0 fully saturated rings. The van der Waals surface area contributed by atoms with E-state index in [1.807, 2.05) is 0 Å². The fourth-order valence-corrected chi connectivity index (χ4v) is 2.07. The van der Waals surface area contributed by atoms with Crippen LogP contribution in [0.15, 0.2) is 30.5 Å². The Kier molecular flexibility index (Phi) is 4.45. The van der Waals surface area contributed by atoms with Crippen LogP contribution in [-0.4, -0.2) is 22.0 Å². The van der Waals surface area contributed by atoms with Crippen molar-refractivity contribution in [1.82, 2.24) is 4.98 Å². The zero-order chi connectivity index (χ0) is 15.6. The summed E-state index contributed by atoms with van der Waals surface area (Å²) in [6, 6.07) is 5.97. The van der Waals surface area contributed by atoms with Gasteiger partial charge in [-0.1, -0.05) is 29.3 Å². The van der Waals surface area contributed by atoms with Gasteiger partial charge in [-0.3, -0.25) is 9.78 Å². The summed E-state index contributed by atoms with van der Waals surface area (Å²) in [6.07, 6.45) is 1.11. The Bertz CT molecular complexity index is 715. The monoisotopic (exact) mass is 324 g/mol. The number of nitrogens with zero attached hydrogens (tertiary/aromatic N) is 1. The topological polar surface area (TPSA) is 79.3 Å². The number of hydrogen-bond acceptors (Lipinski definition) is 3. The molecule has 1 heterocycles. The lowest BCUT2D eigenvalue weighted by atomic mass is 10.2. The number of pyridine rings is 1. The molecule has 7 heteroatoms. The summed E-state index contributed by atoms with van der Waals surface area (Å²) in [7, 11) is 0. The minimum atomic E-state index is -1.11. The van der Waals surface area contributed by atoms with Crippen molar-refractivity contribution in [1.29, 1.82) is 0 Å². The minimum Gasteiger partial charge on any atom is -0.478 e. The molecular weight excluding hydrogens is 315 g/mol. The fraction of sp³-hybridized carbons (Fsp3) is 0.0714. The standard InChI is InChI=1S/C14H10Cl2N2O3/c1-7-2-4-9(15)12(11(7)16)18-13(19)10-5-3-8(6-17-10)14(20)21/h2-6H,1H3,(H,18,19)(H,20,21). The van der Waals surface area contributed by atoms with Gasteiger partial charge in [-0.05, 0) is 30.7 Å². The van der Waals surface area contributed by atoms with Crippen molar-refractivity contribution in [3.8, 4) is 0 Å². The summed E-state index contributed by atoms with van der Waals surface area (Å²) in [5, 5.41) is 12.0. The molecule has 0 saturated carbocycles. The molecule has 1 aromatic carbocycles. The van der Waals surface area contributed by atoms with E-state index in [9.17, 15) is 9.59 Å². The maximum atomic E-state index is 12.1. The first-order valence-corrected chi connectivity index (χ1v) is 6.61. The molecule has 2 aromatic rings. The summed E-state index contributed by atoms with van der Waals surface area (Å²) in [5.41, 5.74) is 1.13. The largest absolute Gasteiger partial charge is 0.478 e. The van der Waals surface area contributed by atoms with E-state index in [1.54, 1.807) is 19.1 Å². The summed E-state index contributed by atoms with van der Waals surface area (Å²) in [5.74, 6) is -1.64. The van der Waals surface area contributed by atoms with Gasteiger partial charge in [-0.25, -0.2) is 4.79 Å². The molecule has 1 aromatic heterocycles. The Labute approximate surface area is 130 Å². The van der Waals surface area contributed by atoms with E-state index in [0.717, 1.165) is 11.8 Å². The van der Waals surface area contributed by atoms with E-state index in [-0.39, 0.29) is 11.3 Å². The number of aromatic carboxylic acids is 1. The van der Waals surface area contributed by atoms with Crippen LogP contribution in [0.1, 0.15) is 26.4 Å². The van der Waals surface area contributed by atoms with Crippen LogP contribution in [-0.2, 0) is 0 Å². The maximum absolute atomic E-state index is 12.1. The number of anilines is 1. The van der Waals surface area contributed by atoms with E-state index < -0.39 is 11.9 Å². The number of aryl methyl sites for hydroxylation is 1. The SMILES string of the molecule is Cc1ccc(Cl)c(NC(=O)c2ccc(C(=O)O)cn2)c1Cl. The van der Waals surface area contributed by atoms with Gasteiger partial charge in [0.1, 0.15) is 5.69 Å². The number of halogens is 2. The van der Waals surface area contributed by atoms with Gasteiger partial charge in [-0.2, -0.15) is 0 Å². The molecule has 21 heavy (non-hydrogen) atoms. The van der Waals surface area contributed by atoms with E-state index in [2.05, 4.69) is 10.3 Å². The average Bonchev–Trinajstić information content (AvgIpc) is 2.47. The summed E-state index contributed by atoms with van der Waals surface area (Å²) in [4.78, 5) is 26.6. The lowest BCUT2D eigenvalue weighted by molar-refractivity contribution is 0.0696. The molecule has 5 nitrogen and oxygen atoms in total. The Balaban J connectivity index is 2.26. The number of carbonyl (C=O) groups excluding carboxylic acids is 1. The van der Waals surface area contributed by atoms with Crippen molar-refractivity contribution in [2.24, 2.45) is 0 Å². The van der Waals surface area contributed by atoms with Crippen molar-refractivity contribution in [3.63, 3.8) is 0 Å². The number of carboxylic acid groups (broad SMARTS) is 1. The maximum Gasteiger partial charge on any atom is 0.337 e. The minimum absolute atomic E-state index is 0.00169. The molecule has 0 aliphatic carbocycles. The lowest BCUT2D eigenvalue weighted by Gasteiger charge is -2.10. The summed E-state index contributed by atoms with van der Waals surface area (Å²) < 4.78 is 0. The molecule has 0 atom stereocenters.